The molecule has 0 heterocycles. The average molecular weight is 118 g/mol. The van der Waals surface area contributed by atoms with Gasteiger partial charge < -0.3 is 5.84 Å². The van der Waals surface area contributed by atoms with Gasteiger partial charge >= 0.3 is 0 Å². The summed E-state index contributed by atoms with van der Waals surface area (Å²) in [5.74, 6) is 15.1. The smallest absolute Gasteiger partial charge is 0.244 e. The Kier molecular flexibility index (Phi) is 2.67. The third-order valence-corrected chi connectivity index (χ3v) is 0.585. The zero-order valence-corrected chi connectivity index (χ0v) is 4.63. The fourth-order valence-corrected chi connectivity index (χ4v) is 0.230. The highest BCUT2D eigenvalue weighted by atomic mass is 15.5. The van der Waals surface area contributed by atoms with Gasteiger partial charge in [-0.1, -0.05) is 0 Å². The van der Waals surface area contributed by atoms with Gasteiger partial charge in [0.15, 0.2) is 0 Å². The Morgan fingerprint density at radius 3 is 2.25 bits per heavy atom. The Labute approximate surface area is 47.2 Å². The monoisotopic (exact) mass is 118 g/mol. The molecule has 0 saturated heterocycles. The predicted octanol–water partition coefficient (Wildman–Crippen LogP) is -2.52. The van der Waals surface area contributed by atoms with Crippen molar-refractivity contribution in [2.45, 2.75) is 0 Å². The minimum Gasteiger partial charge on any atom is -0.320 e. The molecule has 7 N–H and O–H groups in total. The van der Waals surface area contributed by atoms with E-state index in [1.54, 1.807) is 7.05 Å². The van der Waals surface area contributed by atoms with Crippen molar-refractivity contribution in [1.29, 1.82) is 0 Å². The summed E-state index contributed by atoms with van der Waals surface area (Å²) in [6.07, 6.45) is 0. The highest BCUT2D eigenvalue weighted by Crippen LogP contribution is 1.65. The Morgan fingerprint density at radius 2 is 2.25 bits per heavy atom. The van der Waals surface area contributed by atoms with Crippen molar-refractivity contribution in [1.82, 2.24) is 10.4 Å². The Balaban J connectivity index is 3.72. The van der Waals surface area contributed by atoms with E-state index in [0.29, 0.717) is 0 Å². The summed E-state index contributed by atoms with van der Waals surface area (Å²) in [7, 11) is 1.56. The molecule has 0 bridgehead atoms. The Bertz CT molecular complexity index is 84.5. The van der Waals surface area contributed by atoms with Crippen LogP contribution in [0.4, 0.5) is 0 Å². The SMILES string of the molecule is CN(N)/C(=N/N)NN. The summed E-state index contributed by atoms with van der Waals surface area (Å²) in [6.45, 7) is 0. The van der Waals surface area contributed by atoms with E-state index < -0.39 is 0 Å². The van der Waals surface area contributed by atoms with Crippen LogP contribution in [0.5, 0.6) is 0 Å². The largest absolute Gasteiger partial charge is 0.320 e. The van der Waals surface area contributed by atoms with Crippen LogP contribution in [0.1, 0.15) is 0 Å². The number of hydrazine groups is 2. The van der Waals surface area contributed by atoms with E-state index in [9.17, 15) is 0 Å². The fourth-order valence-electron chi connectivity index (χ4n) is 0.230. The highest BCUT2D eigenvalue weighted by molar-refractivity contribution is 5.77. The van der Waals surface area contributed by atoms with Gasteiger partial charge in [-0.3, -0.25) is 10.4 Å². The van der Waals surface area contributed by atoms with Crippen LogP contribution in [0.15, 0.2) is 5.10 Å². The van der Waals surface area contributed by atoms with E-state index in [2.05, 4.69) is 10.5 Å². The molecule has 0 spiro atoms. The number of nitrogens with two attached hydrogens (primary N) is 3. The summed E-state index contributed by atoms with van der Waals surface area (Å²) in [6, 6.07) is 0. The van der Waals surface area contributed by atoms with E-state index >= 15 is 0 Å². The zero-order valence-electron chi connectivity index (χ0n) is 4.63. The van der Waals surface area contributed by atoms with Crippen LogP contribution in [0.2, 0.25) is 0 Å². The van der Waals surface area contributed by atoms with Crippen LogP contribution in [0.25, 0.3) is 0 Å². The van der Waals surface area contributed by atoms with E-state index in [-0.39, 0.29) is 5.96 Å². The van der Waals surface area contributed by atoms with Crippen molar-refractivity contribution in [2.75, 3.05) is 7.05 Å². The molecule has 0 aliphatic rings. The first-order valence-corrected chi connectivity index (χ1v) is 1.95. The maximum atomic E-state index is 5.14. The lowest BCUT2D eigenvalue weighted by atomic mass is 10.9. The van der Waals surface area contributed by atoms with Gasteiger partial charge in [0.25, 0.3) is 0 Å². The minimum atomic E-state index is 0.227. The van der Waals surface area contributed by atoms with Crippen molar-refractivity contribution in [3.63, 3.8) is 0 Å². The van der Waals surface area contributed by atoms with Gasteiger partial charge in [0, 0.05) is 7.05 Å². The fraction of sp³-hybridized carbons (Fsp3) is 0.500. The van der Waals surface area contributed by atoms with Gasteiger partial charge in [-0.25, -0.2) is 11.7 Å². The molecule has 0 atom stereocenters. The van der Waals surface area contributed by atoms with Crippen molar-refractivity contribution in [3.8, 4) is 0 Å². The van der Waals surface area contributed by atoms with E-state index in [4.69, 9.17) is 17.5 Å². The van der Waals surface area contributed by atoms with Crippen LogP contribution < -0.4 is 23.0 Å². The molecule has 0 aromatic heterocycles. The van der Waals surface area contributed by atoms with Crippen LogP contribution in [0.3, 0.4) is 0 Å². The van der Waals surface area contributed by atoms with Gasteiger partial charge in [-0.2, -0.15) is 0 Å². The topological polar surface area (TPSA) is 106 Å². The second-order valence-corrected chi connectivity index (χ2v) is 1.21. The van der Waals surface area contributed by atoms with Gasteiger partial charge in [0.1, 0.15) is 0 Å². The highest BCUT2D eigenvalue weighted by Gasteiger charge is 1.93. The lowest BCUT2D eigenvalue weighted by Crippen LogP contribution is -2.46. The molecule has 8 heavy (non-hydrogen) atoms. The van der Waals surface area contributed by atoms with Gasteiger partial charge in [0.05, 0.1) is 0 Å². The Hall–Kier alpha value is -1.01. The van der Waals surface area contributed by atoms with Crippen LogP contribution in [0, 0.1) is 0 Å². The van der Waals surface area contributed by atoms with Crippen molar-refractivity contribution in [3.05, 3.63) is 0 Å². The molecule has 0 aromatic rings. The third kappa shape index (κ3) is 1.63. The van der Waals surface area contributed by atoms with Crippen LogP contribution >= 0.6 is 0 Å². The normalized spacial score (nSPS) is 11.1. The Morgan fingerprint density at radius 1 is 1.75 bits per heavy atom. The molecule has 0 aliphatic heterocycles. The number of guanidine groups is 1. The maximum Gasteiger partial charge on any atom is 0.244 e. The summed E-state index contributed by atoms with van der Waals surface area (Å²) >= 11 is 0. The lowest BCUT2D eigenvalue weighted by molar-refractivity contribution is 0.511. The number of hydrogen-bond acceptors (Lipinski definition) is 4. The molecular weight excluding hydrogens is 108 g/mol. The molecule has 0 saturated carbocycles. The molecule has 0 aromatic carbocycles. The van der Waals surface area contributed by atoms with Gasteiger partial charge in [-0.15, -0.1) is 5.10 Å². The summed E-state index contributed by atoms with van der Waals surface area (Å²) in [5.41, 5.74) is 2.18. The minimum absolute atomic E-state index is 0.227. The first-order chi connectivity index (χ1) is 3.72. The van der Waals surface area contributed by atoms with E-state index in [0.717, 1.165) is 0 Å². The molecule has 0 fully saturated rings. The van der Waals surface area contributed by atoms with Crippen molar-refractivity contribution in [2.24, 2.45) is 22.6 Å². The van der Waals surface area contributed by atoms with Crippen LogP contribution in [-0.2, 0) is 0 Å². The summed E-state index contributed by atoms with van der Waals surface area (Å²) in [4.78, 5) is 0. The average Bonchev–Trinajstić information content (AvgIpc) is 1.69. The number of nitrogens with one attached hydrogen (secondary N) is 1. The first-order valence-electron chi connectivity index (χ1n) is 1.95. The van der Waals surface area contributed by atoms with Crippen LogP contribution in [-0.4, -0.2) is 18.0 Å². The van der Waals surface area contributed by atoms with E-state index in [1.807, 2.05) is 0 Å². The summed E-state index contributed by atoms with van der Waals surface area (Å²) in [5, 5.41) is 4.35. The van der Waals surface area contributed by atoms with Gasteiger partial charge in [0.2, 0.25) is 5.96 Å². The molecule has 0 aliphatic carbocycles. The lowest BCUT2D eigenvalue weighted by Gasteiger charge is -2.11. The maximum absolute atomic E-state index is 5.14. The number of hydrazone groups is 1. The zero-order chi connectivity index (χ0) is 6.57. The molecule has 0 amide bonds. The molecule has 6 heteroatoms. The number of nitrogens with zero attached hydrogens (tertiary/aromatic N) is 2. The summed E-state index contributed by atoms with van der Waals surface area (Å²) < 4.78 is 0. The standard InChI is InChI=1S/C2H10N6/c1-8(5)2(6-3)7-4/h3-5H2,1H3,(H,6,7). The molecule has 48 valence electrons. The molecule has 0 radical (unpaired) electrons. The molecule has 0 unspecified atom stereocenters. The third-order valence-electron chi connectivity index (χ3n) is 0.585. The van der Waals surface area contributed by atoms with E-state index in [1.165, 1.54) is 5.01 Å². The number of hydrogen-bond donors (Lipinski definition) is 4. The predicted molar refractivity (Wildman–Crippen MR) is 30.9 cm³/mol. The second kappa shape index (κ2) is 3.05. The van der Waals surface area contributed by atoms with Crippen molar-refractivity contribution >= 4 is 5.96 Å². The molecular formula is C2H10N6. The van der Waals surface area contributed by atoms with Gasteiger partial charge in [-0.05, 0) is 0 Å². The number of rotatable bonds is 0. The molecule has 6 nitrogen and oxygen atoms in total. The second-order valence-electron chi connectivity index (χ2n) is 1.21. The molecule has 0 rings (SSSR count). The first kappa shape index (κ1) is 6.99. The van der Waals surface area contributed by atoms with Crippen molar-refractivity contribution < 1.29 is 0 Å². The quantitative estimate of drug-likeness (QED) is 0.122.